The Labute approximate surface area is 142 Å². The summed E-state index contributed by atoms with van der Waals surface area (Å²) in [5.41, 5.74) is -0.00316. The van der Waals surface area contributed by atoms with E-state index >= 15 is 0 Å². The summed E-state index contributed by atoms with van der Waals surface area (Å²) in [7, 11) is 0. The fourth-order valence-electron chi connectivity index (χ4n) is 3.30. The van der Waals surface area contributed by atoms with E-state index in [4.69, 9.17) is 9.47 Å². The summed E-state index contributed by atoms with van der Waals surface area (Å²) in [5.74, 6) is -1.70. The zero-order valence-electron chi connectivity index (χ0n) is 13.5. The number of hydrogen-bond acceptors (Lipinski definition) is 5. The third-order valence-corrected chi connectivity index (χ3v) is 4.57. The number of cyclic esters (lactones) is 1. The van der Waals surface area contributed by atoms with Gasteiger partial charge >= 0.3 is 6.09 Å². The molecule has 4 rings (SSSR count). The van der Waals surface area contributed by atoms with E-state index in [1.807, 2.05) is 0 Å². The second-order valence-corrected chi connectivity index (χ2v) is 6.43. The molecular weight excluding hydrogens is 336 g/mol. The predicted octanol–water partition coefficient (Wildman–Crippen LogP) is 1.01. The van der Waals surface area contributed by atoms with Crippen molar-refractivity contribution in [2.45, 2.75) is 25.2 Å². The molecule has 1 N–H and O–H groups in total. The number of ether oxygens (including phenoxy) is 2. The van der Waals surface area contributed by atoms with Crippen LogP contribution >= 0.6 is 0 Å². The minimum absolute atomic E-state index is 0.0570. The first-order chi connectivity index (χ1) is 11.9. The third-order valence-electron chi connectivity index (χ3n) is 4.57. The molecule has 3 fully saturated rings. The molecule has 3 saturated heterocycles. The van der Waals surface area contributed by atoms with E-state index in [0.29, 0.717) is 13.1 Å². The van der Waals surface area contributed by atoms with Gasteiger partial charge < -0.3 is 19.7 Å². The van der Waals surface area contributed by atoms with E-state index in [0.717, 1.165) is 17.0 Å². The van der Waals surface area contributed by atoms with Crippen molar-refractivity contribution in [1.82, 2.24) is 5.32 Å². The van der Waals surface area contributed by atoms with Gasteiger partial charge in [0.2, 0.25) is 5.91 Å². The molecule has 7 nitrogen and oxygen atoms in total. The largest absolute Gasteiger partial charge is 0.442 e. The molecule has 1 aromatic rings. The number of amides is 2. The summed E-state index contributed by atoms with van der Waals surface area (Å²) >= 11 is 0. The molecule has 3 aliphatic heterocycles. The fraction of sp³-hybridized carbons (Fsp3) is 0.500. The van der Waals surface area contributed by atoms with Gasteiger partial charge in [-0.15, -0.1) is 0 Å². The van der Waals surface area contributed by atoms with Crippen LogP contribution in [-0.2, 0) is 14.3 Å². The summed E-state index contributed by atoms with van der Waals surface area (Å²) < 4.78 is 39.3. The molecule has 25 heavy (non-hydrogen) atoms. The maximum Gasteiger partial charge on any atom is 0.414 e. The van der Waals surface area contributed by atoms with Crippen LogP contribution < -0.4 is 15.1 Å². The Morgan fingerprint density at radius 2 is 1.88 bits per heavy atom. The number of nitrogens with zero attached hydrogens (tertiary/aromatic N) is 2. The van der Waals surface area contributed by atoms with Crippen LogP contribution in [0.2, 0.25) is 0 Å². The van der Waals surface area contributed by atoms with Crippen LogP contribution in [0, 0.1) is 11.6 Å². The number of fused-ring (bicyclic) bond motifs is 1. The highest BCUT2D eigenvalue weighted by Gasteiger charge is 2.48. The van der Waals surface area contributed by atoms with Crippen molar-refractivity contribution in [3.8, 4) is 0 Å². The van der Waals surface area contributed by atoms with Gasteiger partial charge in [-0.05, 0) is 0 Å². The van der Waals surface area contributed by atoms with Crippen LogP contribution in [0.15, 0.2) is 12.1 Å². The van der Waals surface area contributed by atoms with Gasteiger partial charge in [0, 0.05) is 32.1 Å². The van der Waals surface area contributed by atoms with Crippen molar-refractivity contribution in [3.63, 3.8) is 0 Å². The van der Waals surface area contributed by atoms with E-state index in [2.05, 4.69) is 5.32 Å². The molecule has 3 atom stereocenters. The lowest BCUT2D eigenvalue weighted by Crippen LogP contribution is -2.33. The molecule has 1 aromatic carbocycles. The van der Waals surface area contributed by atoms with Gasteiger partial charge in [0.05, 0.1) is 18.8 Å². The Morgan fingerprint density at radius 3 is 2.48 bits per heavy atom. The molecule has 9 heteroatoms. The minimum Gasteiger partial charge on any atom is -0.442 e. The first-order valence-electron chi connectivity index (χ1n) is 8.04. The van der Waals surface area contributed by atoms with E-state index in [9.17, 15) is 18.4 Å². The lowest BCUT2D eigenvalue weighted by atomic mass is 10.2. The van der Waals surface area contributed by atoms with Gasteiger partial charge in [-0.1, -0.05) is 0 Å². The number of carbonyl (C=O) groups excluding carboxylic acids is 2. The van der Waals surface area contributed by atoms with Gasteiger partial charge in [-0.3, -0.25) is 9.69 Å². The SMILES string of the molecule is CC(=O)NCC1CN(c2cc(F)c(N3CC4OC4C3)c(F)c2)C(=O)O1. The topological polar surface area (TPSA) is 74.4 Å². The zero-order valence-corrected chi connectivity index (χ0v) is 13.5. The van der Waals surface area contributed by atoms with E-state index in [1.165, 1.54) is 6.92 Å². The number of morpholine rings is 1. The number of rotatable bonds is 4. The second-order valence-electron chi connectivity index (χ2n) is 6.43. The van der Waals surface area contributed by atoms with Crippen LogP contribution in [0.1, 0.15) is 6.92 Å². The van der Waals surface area contributed by atoms with E-state index < -0.39 is 23.8 Å². The molecule has 0 bridgehead atoms. The standard InChI is InChI=1S/C16H17F2N3O4/c1-8(22)19-4-10-5-21(16(23)24-10)9-2-11(17)15(12(18)3-9)20-6-13-14(7-20)25-13/h2-3,10,13-14H,4-7H2,1H3,(H,19,22). The Hall–Kier alpha value is -2.42. The molecule has 2 amide bonds. The number of anilines is 2. The van der Waals surface area contributed by atoms with Gasteiger partial charge in [-0.25, -0.2) is 13.6 Å². The molecule has 3 unspecified atom stereocenters. The molecule has 134 valence electrons. The van der Waals surface area contributed by atoms with Gasteiger partial charge in [0.25, 0.3) is 0 Å². The summed E-state index contributed by atoms with van der Waals surface area (Å²) in [6, 6.07) is 2.26. The van der Waals surface area contributed by atoms with Crippen molar-refractivity contribution in [3.05, 3.63) is 23.8 Å². The Kier molecular flexibility index (Phi) is 3.75. The number of nitrogens with one attached hydrogen (secondary N) is 1. The van der Waals surface area contributed by atoms with Crippen molar-refractivity contribution in [2.75, 3.05) is 36.0 Å². The monoisotopic (exact) mass is 353 g/mol. The quantitative estimate of drug-likeness (QED) is 0.818. The normalized spacial score (nSPS) is 27.3. The Bertz CT molecular complexity index is 711. The summed E-state index contributed by atoms with van der Waals surface area (Å²) in [6.07, 6.45) is -1.15. The van der Waals surface area contributed by atoms with Crippen molar-refractivity contribution in [1.29, 1.82) is 0 Å². The van der Waals surface area contributed by atoms with Gasteiger partial charge in [0.15, 0.2) is 11.6 Å². The van der Waals surface area contributed by atoms with Crippen LogP contribution in [0.3, 0.4) is 0 Å². The van der Waals surface area contributed by atoms with Crippen LogP contribution in [0.5, 0.6) is 0 Å². The zero-order chi connectivity index (χ0) is 17.7. The van der Waals surface area contributed by atoms with E-state index in [-0.39, 0.29) is 42.6 Å². The number of hydrogen-bond donors (Lipinski definition) is 1. The average Bonchev–Trinajstić information content (AvgIpc) is 2.97. The molecule has 0 saturated carbocycles. The summed E-state index contributed by atoms with van der Waals surface area (Å²) in [5, 5.41) is 2.55. The summed E-state index contributed by atoms with van der Waals surface area (Å²) in [4.78, 5) is 25.7. The predicted molar refractivity (Wildman–Crippen MR) is 83.5 cm³/mol. The van der Waals surface area contributed by atoms with Crippen LogP contribution in [0.25, 0.3) is 0 Å². The molecule has 0 aromatic heterocycles. The number of epoxide rings is 1. The molecular formula is C16H17F2N3O4. The maximum absolute atomic E-state index is 14.5. The number of benzene rings is 1. The maximum atomic E-state index is 14.5. The van der Waals surface area contributed by atoms with Crippen molar-refractivity contribution >= 4 is 23.4 Å². The molecule has 0 aliphatic carbocycles. The fourth-order valence-corrected chi connectivity index (χ4v) is 3.30. The number of carbonyl (C=O) groups is 2. The Balaban J connectivity index is 1.51. The average molecular weight is 353 g/mol. The van der Waals surface area contributed by atoms with Gasteiger partial charge in [-0.2, -0.15) is 0 Å². The third kappa shape index (κ3) is 2.99. The smallest absolute Gasteiger partial charge is 0.414 e. The Morgan fingerprint density at radius 1 is 1.24 bits per heavy atom. The van der Waals surface area contributed by atoms with Crippen molar-refractivity contribution < 1.29 is 27.8 Å². The van der Waals surface area contributed by atoms with Crippen LogP contribution in [0.4, 0.5) is 25.0 Å². The van der Waals surface area contributed by atoms with Crippen molar-refractivity contribution in [2.24, 2.45) is 0 Å². The highest BCUT2D eigenvalue weighted by Crippen LogP contribution is 2.37. The number of halogens is 2. The summed E-state index contributed by atoms with van der Waals surface area (Å²) in [6.45, 7) is 2.53. The van der Waals surface area contributed by atoms with Crippen LogP contribution in [-0.4, -0.2) is 56.5 Å². The van der Waals surface area contributed by atoms with E-state index in [1.54, 1.807) is 4.90 Å². The minimum atomic E-state index is -0.727. The molecule has 0 radical (unpaired) electrons. The first kappa shape index (κ1) is 16.1. The molecule has 0 spiro atoms. The lowest BCUT2D eigenvalue weighted by Gasteiger charge is -2.22. The molecule has 3 aliphatic rings. The highest BCUT2D eigenvalue weighted by atomic mass is 19.1. The van der Waals surface area contributed by atoms with Gasteiger partial charge in [0.1, 0.15) is 24.0 Å². The first-order valence-corrected chi connectivity index (χ1v) is 8.04. The highest BCUT2D eigenvalue weighted by molar-refractivity contribution is 5.90. The second kappa shape index (κ2) is 5.83. The molecule has 3 heterocycles. The lowest BCUT2D eigenvalue weighted by molar-refractivity contribution is -0.119.